The third-order valence-corrected chi connectivity index (χ3v) is 8.52. The number of ether oxygens (including phenoxy) is 6. The van der Waals surface area contributed by atoms with Crippen molar-refractivity contribution in [3.8, 4) is 34.1 Å². The van der Waals surface area contributed by atoms with E-state index in [9.17, 15) is 0 Å². The molecule has 2 aliphatic rings. The van der Waals surface area contributed by atoms with E-state index in [-0.39, 0.29) is 24.4 Å². The fourth-order valence-electron chi connectivity index (χ4n) is 7.03. The molecule has 0 N–H and O–H groups in total. The van der Waals surface area contributed by atoms with E-state index in [2.05, 4.69) is 64.1 Å². The molecular weight excluding hydrogens is 504 g/mol. The van der Waals surface area contributed by atoms with Crippen LogP contribution in [0.5, 0.6) is 23.0 Å². The van der Waals surface area contributed by atoms with E-state index in [1.165, 1.54) is 0 Å². The van der Waals surface area contributed by atoms with E-state index < -0.39 is 0 Å². The summed E-state index contributed by atoms with van der Waals surface area (Å²) in [5.74, 6) is 3.51. The zero-order valence-corrected chi connectivity index (χ0v) is 24.6. The van der Waals surface area contributed by atoms with Gasteiger partial charge >= 0.3 is 0 Å². The number of methoxy groups -OCH3 is 4. The quantitative estimate of drug-likeness (QED) is 0.257. The maximum absolute atomic E-state index is 6.17. The number of hydrogen-bond acceptors (Lipinski definition) is 6. The smallest absolute Gasteiger partial charge is 0.133 e. The lowest BCUT2D eigenvalue weighted by Gasteiger charge is -2.32. The first-order chi connectivity index (χ1) is 19.3. The summed E-state index contributed by atoms with van der Waals surface area (Å²) in [4.78, 5) is 0. The Bertz CT molecular complexity index is 1500. The Labute approximate surface area is 236 Å². The summed E-state index contributed by atoms with van der Waals surface area (Å²) >= 11 is 0. The van der Waals surface area contributed by atoms with E-state index in [1.54, 1.807) is 28.4 Å². The Morgan fingerprint density at radius 3 is 1.25 bits per heavy atom. The van der Waals surface area contributed by atoms with Gasteiger partial charge in [-0.15, -0.1) is 0 Å². The minimum atomic E-state index is -0.0728. The Morgan fingerprint density at radius 1 is 0.525 bits per heavy atom. The normalized spacial score (nSPS) is 22.1. The maximum Gasteiger partial charge on any atom is 0.133 e. The monoisotopic (exact) mass is 542 g/mol. The molecular formula is C34H38O6. The first kappa shape index (κ1) is 26.7. The van der Waals surface area contributed by atoms with E-state index >= 15 is 0 Å². The van der Waals surface area contributed by atoms with Crippen LogP contribution < -0.4 is 18.9 Å². The molecule has 0 bridgehead atoms. The van der Waals surface area contributed by atoms with E-state index in [0.717, 1.165) is 90.8 Å². The van der Waals surface area contributed by atoms with E-state index in [4.69, 9.17) is 28.4 Å². The van der Waals surface area contributed by atoms with E-state index in [1.807, 2.05) is 0 Å². The lowest BCUT2D eigenvalue weighted by atomic mass is 9.87. The molecule has 0 amide bonds. The average Bonchev–Trinajstić information content (AvgIpc) is 2.94. The van der Waals surface area contributed by atoms with Crippen LogP contribution in [-0.4, -0.2) is 40.6 Å². The van der Waals surface area contributed by atoms with Crippen molar-refractivity contribution in [2.45, 2.75) is 65.0 Å². The molecule has 6 rings (SSSR count). The molecule has 2 heterocycles. The Hall–Kier alpha value is -3.48. The van der Waals surface area contributed by atoms with Crippen LogP contribution >= 0.6 is 0 Å². The van der Waals surface area contributed by atoms with Crippen molar-refractivity contribution in [1.29, 1.82) is 0 Å². The van der Waals surface area contributed by atoms with Crippen LogP contribution in [0, 0.1) is 0 Å². The van der Waals surface area contributed by atoms with E-state index in [0.29, 0.717) is 0 Å². The molecule has 0 fully saturated rings. The van der Waals surface area contributed by atoms with Crippen molar-refractivity contribution >= 4 is 21.5 Å². The van der Waals surface area contributed by atoms with Gasteiger partial charge in [0.2, 0.25) is 0 Å². The highest BCUT2D eigenvalue weighted by molar-refractivity contribution is 6.02. The lowest BCUT2D eigenvalue weighted by Crippen LogP contribution is -2.23. The summed E-state index contributed by atoms with van der Waals surface area (Å²) in [6.45, 7) is 8.38. The Balaban J connectivity index is 1.59. The van der Waals surface area contributed by atoms with Crippen LogP contribution in [0.25, 0.3) is 32.7 Å². The van der Waals surface area contributed by atoms with Crippen LogP contribution in [0.4, 0.5) is 0 Å². The van der Waals surface area contributed by atoms with Crippen molar-refractivity contribution in [1.82, 2.24) is 0 Å². The molecule has 0 unspecified atom stereocenters. The standard InChI is InChI=1S/C34H38O6/c1-17-13-27-29(19(3)39-17)33(37-7)23-11-9-21(15-25(23)31(27)35-5)22-10-12-24-26(16-22)32(36-6)28-14-18(2)40-20(4)30(28)34(24)38-8/h9-12,15-20H,13-14H2,1-8H3/t17-,18-,19+,20+/m0/s1. The topological polar surface area (TPSA) is 55.4 Å². The minimum absolute atomic E-state index is 0.0728. The molecule has 6 heteroatoms. The second-order valence-corrected chi connectivity index (χ2v) is 11.0. The van der Waals surface area contributed by atoms with Crippen molar-refractivity contribution in [3.05, 3.63) is 58.7 Å². The number of rotatable bonds is 5. The Morgan fingerprint density at radius 2 is 0.900 bits per heavy atom. The van der Waals surface area contributed by atoms with Crippen molar-refractivity contribution < 1.29 is 28.4 Å². The predicted molar refractivity (Wildman–Crippen MR) is 158 cm³/mol. The van der Waals surface area contributed by atoms with Gasteiger partial charge in [-0.05, 0) is 63.1 Å². The van der Waals surface area contributed by atoms with Gasteiger partial charge in [-0.2, -0.15) is 0 Å². The van der Waals surface area contributed by atoms with Gasteiger partial charge in [-0.25, -0.2) is 0 Å². The molecule has 210 valence electrons. The molecule has 0 saturated carbocycles. The highest BCUT2D eigenvalue weighted by atomic mass is 16.5. The number of hydrogen-bond donors (Lipinski definition) is 0. The van der Waals surface area contributed by atoms with Crippen LogP contribution in [0.1, 0.15) is 62.2 Å². The molecule has 0 saturated heterocycles. The fraction of sp³-hybridized carbons (Fsp3) is 0.412. The Kier molecular flexibility index (Phi) is 6.79. The second-order valence-electron chi connectivity index (χ2n) is 11.0. The SMILES string of the molecule is COc1c2c(c(OC)c3ccc(-c4ccc5c(OC)c6c(c(OC)c5c4)C[C@H](C)O[C@@H]6C)cc13)[C@@H](C)O[C@@H](C)C2. The molecule has 0 aliphatic carbocycles. The summed E-state index contributed by atoms with van der Waals surface area (Å²) in [7, 11) is 6.97. The van der Waals surface area contributed by atoms with Crippen molar-refractivity contribution in [3.63, 3.8) is 0 Å². The molecule has 0 spiro atoms. The highest BCUT2D eigenvalue weighted by Crippen LogP contribution is 2.50. The van der Waals surface area contributed by atoms with Gasteiger partial charge in [0, 0.05) is 56.6 Å². The molecule has 0 radical (unpaired) electrons. The predicted octanol–water partition coefficient (Wildman–Crippen LogP) is 7.74. The molecule has 6 nitrogen and oxygen atoms in total. The first-order valence-electron chi connectivity index (χ1n) is 14.0. The lowest BCUT2D eigenvalue weighted by molar-refractivity contribution is -0.00671. The van der Waals surface area contributed by atoms with Crippen molar-refractivity contribution in [2.75, 3.05) is 28.4 Å². The van der Waals surface area contributed by atoms with Gasteiger partial charge in [0.1, 0.15) is 23.0 Å². The van der Waals surface area contributed by atoms with Gasteiger partial charge in [0.15, 0.2) is 0 Å². The second kappa shape index (κ2) is 10.2. The molecule has 40 heavy (non-hydrogen) atoms. The summed E-state index contributed by atoms with van der Waals surface area (Å²) < 4.78 is 36.4. The van der Waals surface area contributed by atoms with Gasteiger partial charge in [-0.3, -0.25) is 0 Å². The molecule has 2 aliphatic heterocycles. The van der Waals surface area contributed by atoms with Crippen LogP contribution in [0.3, 0.4) is 0 Å². The molecule has 4 atom stereocenters. The van der Waals surface area contributed by atoms with Crippen LogP contribution in [0.2, 0.25) is 0 Å². The van der Waals surface area contributed by atoms with Crippen LogP contribution in [0.15, 0.2) is 36.4 Å². The van der Waals surface area contributed by atoms with Crippen LogP contribution in [-0.2, 0) is 22.3 Å². The largest absolute Gasteiger partial charge is 0.496 e. The first-order valence-corrected chi connectivity index (χ1v) is 14.0. The zero-order valence-electron chi connectivity index (χ0n) is 24.6. The minimum Gasteiger partial charge on any atom is -0.496 e. The van der Waals surface area contributed by atoms with Gasteiger partial charge in [-0.1, -0.05) is 12.1 Å². The summed E-state index contributed by atoms with van der Waals surface area (Å²) in [5.41, 5.74) is 6.67. The third-order valence-electron chi connectivity index (χ3n) is 8.52. The summed E-state index contributed by atoms with van der Waals surface area (Å²) in [5, 5.41) is 4.10. The summed E-state index contributed by atoms with van der Waals surface area (Å²) in [6, 6.07) is 13.0. The average molecular weight is 543 g/mol. The molecule has 4 aromatic carbocycles. The van der Waals surface area contributed by atoms with Gasteiger partial charge < -0.3 is 28.4 Å². The molecule has 4 aromatic rings. The van der Waals surface area contributed by atoms with Gasteiger partial charge in [0.25, 0.3) is 0 Å². The van der Waals surface area contributed by atoms with Crippen molar-refractivity contribution in [2.24, 2.45) is 0 Å². The highest BCUT2D eigenvalue weighted by Gasteiger charge is 2.32. The number of benzene rings is 4. The maximum atomic E-state index is 6.17. The zero-order chi connectivity index (χ0) is 28.3. The molecule has 0 aromatic heterocycles. The van der Waals surface area contributed by atoms with Gasteiger partial charge in [0.05, 0.1) is 52.9 Å². The summed E-state index contributed by atoms with van der Waals surface area (Å²) in [6.07, 6.45) is 1.61. The number of fused-ring (bicyclic) bond motifs is 4. The fourth-order valence-corrected chi connectivity index (χ4v) is 7.03. The third kappa shape index (κ3) is 4.00.